The number of nitrogens with zero attached hydrogens (tertiary/aromatic N) is 2. The predicted molar refractivity (Wildman–Crippen MR) is 87.9 cm³/mol. The van der Waals surface area contributed by atoms with E-state index in [1.165, 1.54) is 12.8 Å². The summed E-state index contributed by atoms with van der Waals surface area (Å²) in [6, 6.07) is 6.22. The predicted octanol–water partition coefficient (Wildman–Crippen LogP) is 2.64. The van der Waals surface area contributed by atoms with E-state index in [0.717, 1.165) is 30.7 Å². The van der Waals surface area contributed by atoms with E-state index < -0.39 is 5.91 Å². The first kappa shape index (κ1) is 15.0. The Morgan fingerprint density at radius 2 is 2.09 bits per heavy atom. The Hall–Kier alpha value is -1.88. The minimum Gasteiger partial charge on any atom is -0.366 e. The number of hydrogen-bond donors (Lipinski definition) is 2. The number of aromatic amines is 1. The van der Waals surface area contributed by atoms with E-state index in [1.54, 1.807) is 6.07 Å². The zero-order valence-electron chi connectivity index (χ0n) is 13.3. The SMILES string of the molecule is CCN(C)C1CCC(c2nc3c(C(N)=O)cccc3[nH]2)CC1. The van der Waals surface area contributed by atoms with Gasteiger partial charge in [0.15, 0.2) is 0 Å². The number of H-pyrrole nitrogens is 1. The fourth-order valence-electron chi connectivity index (χ4n) is 3.49. The smallest absolute Gasteiger partial charge is 0.250 e. The lowest BCUT2D eigenvalue weighted by molar-refractivity contribution is 0.100. The Morgan fingerprint density at radius 1 is 1.36 bits per heavy atom. The van der Waals surface area contributed by atoms with Crippen molar-refractivity contribution in [2.45, 2.75) is 44.6 Å². The largest absolute Gasteiger partial charge is 0.366 e. The number of nitrogens with two attached hydrogens (primary N) is 1. The summed E-state index contributed by atoms with van der Waals surface area (Å²) in [5.41, 5.74) is 7.54. The molecule has 5 heteroatoms. The van der Waals surface area contributed by atoms with Gasteiger partial charge in [0.1, 0.15) is 11.3 Å². The van der Waals surface area contributed by atoms with Crippen LogP contribution in [-0.2, 0) is 0 Å². The third-order valence-corrected chi connectivity index (χ3v) is 5.00. The number of nitrogens with one attached hydrogen (secondary N) is 1. The molecule has 0 bridgehead atoms. The second-order valence-corrected chi connectivity index (χ2v) is 6.27. The molecule has 1 amide bonds. The third-order valence-electron chi connectivity index (χ3n) is 5.00. The Bertz CT molecular complexity index is 670. The van der Waals surface area contributed by atoms with Gasteiger partial charge in [0.05, 0.1) is 11.1 Å². The van der Waals surface area contributed by atoms with Gasteiger partial charge < -0.3 is 15.6 Å². The molecular formula is C17H24N4O. The summed E-state index contributed by atoms with van der Waals surface area (Å²) >= 11 is 0. The number of carbonyl (C=O) groups excluding carboxylic acids is 1. The van der Waals surface area contributed by atoms with Crippen molar-refractivity contribution in [2.75, 3.05) is 13.6 Å². The lowest BCUT2D eigenvalue weighted by atomic mass is 9.85. The van der Waals surface area contributed by atoms with E-state index in [4.69, 9.17) is 5.73 Å². The number of hydrogen-bond acceptors (Lipinski definition) is 3. The summed E-state index contributed by atoms with van der Waals surface area (Å²) in [5, 5.41) is 0. The van der Waals surface area contributed by atoms with Gasteiger partial charge in [-0.05, 0) is 51.4 Å². The molecule has 5 nitrogen and oxygen atoms in total. The van der Waals surface area contributed by atoms with Crippen molar-refractivity contribution in [3.63, 3.8) is 0 Å². The number of rotatable bonds is 4. The molecule has 3 rings (SSSR count). The van der Waals surface area contributed by atoms with Crippen LogP contribution in [0.3, 0.4) is 0 Å². The van der Waals surface area contributed by atoms with Crippen molar-refractivity contribution in [3.05, 3.63) is 29.6 Å². The first-order valence-corrected chi connectivity index (χ1v) is 8.08. The number of para-hydroxylation sites is 1. The van der Waals surface area contributed by atoms with Crippen molar-refractivity contribution in [2.24, 2.45) is 5.73 Å². The first-order chi connectivity index (χ1) is 10.6. The minimum atomic E-state index is -0.420. The van der Waals surface area contributed by atoms with Crippen LogP contribution in [0.1, 0.15) is 54.7 Å². The van der Waals surface area contributed by atoms with Gasteiger partial charge in [-0.25, -0.2) is 4.98 Å². The van der Waals surface area contributed by atoms with Crippen LogP contribution in [0.4, 0.5) is 0 Å². The molecule has 3 N–H and O–H groups in total. The molecule has 118 valence electrons. The second-order valence-electron chi connectivity index (χ2n) is 6.27. The van der Waals surface area contributed by atoms with Crippen molar-refractivity contribution in [1.29, 1.82) is 0 Å². The number of fused-ring (bicyclic) bond motifs is 1. The van der Waals surface area contributed by atoms with Crippen LogP contribution in [-0.4, -0.2) is 40.4 Å². The molecule has 1 fully saturated rings. The maximum Gasteiger partial charge on any atom is 0.250 e. The molecule has 1 saturated carbocycles. The molecule has 1 aromatic heterocycles. The van der Waals surface area contributed by atoms with Crippen LogP contribution in [0.5, 0.6) is 0 Å². The fourth-order valence-corrected chi connectivity index (χ4v) is 3.49. The average Bonchev–Trinajstić information content (AvgIpc) is 2.98. The Labute approximate surface area is 130 Å². The molecule has 0 atom stereocenters. The minimum absolute atomic E-state index is 0.420. The summed E-state index contributed by atoms with van der Waals surface area (Å²) in [7, 11) is 2.20. The zero-order chi connectivity index (χ0) is 15.7. The first-order valence-electron chi connectivity index (χ1n) is 8.08. The fraction of sp³-hybridized carbons (Fsp3) is 0.529. The topological polar surface area (TPSA) is 75.0 Å². The van der Waals surface area contributed by atoms with Crippen LogP contribution in [0.15, 0.2) is 18.2 Å². The van der Waals surface area contributed by atoms with Crippen LogP contribution in [0, 0.1) is 0 Å². The van der Waals surface area contributed by atoms with E-state index in [2.05, 4.69) is 28.8 Å². The highest BCUT2D eigenvalue weighted by Gasteiger charge is 2.26. The zero-order valence-corrected chi connectivity index (χ0v) is 13.3. The number of benzene rings is 1. The van der Waals surface area contributed by atoms with E-state index in [0.29, 0.717) is 23.0 Å². The summed E-state index contributed by atoms with van der Waals surface area (Å²) in [6.45, 7) is 3.30. The molecule has 22 heavy (non-hydrogen) atoms. The van der Waals surface area contributed by atoms with Crippen molar-refractivity contribution in [1.82, 2.24) is 14.9 Å². The summed E-state index contributed by atoms with van der Waals surface area (Å²) in [6.07, 6.45) is 4.69. The van der Waals surface area contributed by atoms with Crippen molar-refractivity contribution < 1.29 is 4.79 Å². The lowest BCUT2D eigenvalue weighted by Gasteiger charge is -2.33. The third kappa shape index (κ3) is 2.73. The Balaban J connectivity index is 1.80. The van der Waals surface area contributed by atoms with E-state index in [-0.39, 0.29) is 0 Å². The molecule has 0 spiro atoms. The molecule has 1 aliphatic carbocycles. The Morgan fingerprint density at radius 3 is 2.73 bits per heavy atom. The van der Waals surface area contributed by atoms with Gasteiger partial charge in [0.25, 0.3) is 5.91 Å². The van der Waals surface area contributed by atoms with Gasteiger partial charge >= 0.3 is 0 Å². The van der Waals surface area contributed by atoms with Crippen molar-refractivity contribution in [3.8, 4) is 0 Å². The van der Waals surface area contributed by atoms with Crippen LogP contribution in [0.2, 0.25) is 0 Å². The van der Waals surface area contributed by atoms with E-state index >= 15 is 0 Å². The lowest BCUT2D eigenvalue weighted by Crippen LogP contribution is -2.34. The Kier molecular flexibility index (Phi) is 4.16. The van der Waals surface area contributed by atoms with Gasteiger partial charge in [-0.2, -0.15) is 0 Å². The van der Waals surface area contributed by atoms with Crippen LogP contribution < -0.4 is 5.73 Å². The molecule has 0 saturated heterocycles. The number of amides is 1. The van der Waals surface area contributed by atoms with Gasteiger partial charge in [-0.3, -0.25) is 4.79 Å². The summed E-state index contributed by atoms with van der Waals surface area (Å²) in [4.78, 5) is 22.0. The quantitative estimate of drug-likeness (QED) is 0.911. The monoisotopic (exact) mass is 300 g/mol. The standard InChI is InChI=1S/C17H24N4O/c1-3-21(2)12-9-7-11(8-10-12)17-19-14-6-4-5-13(16(18)22)15(14)20-17/h4-6,11-12H,3,7-10H2,1-2H3,(H2,18,22)(H,19,20). The molecule has 2 aromatic rings. The summed E-state index contributed by atoms with van der Waals surface area (Å²) < 4.78 is 0. The number of carbonyl (C=O) groups is 1. The van der Waals surface area contributed by atoms with Gasteiger partial charge in [-0.1, -0.05) is 13.0 Å². The normalized spacial score (nSPS) is 22.3. The maximum atomic E-state index is 11.5. The molecule has 0 aliphatic heterocycles. The summed E-state index contributed by atoms with van der Waals surface area (Å²) in [5.74, 6) is 1.04. The molecule has 1 aromatic carbocycles. The highest BCUT2D eigenvalue weighted by atomic mass is 16.1. The van der Waals surface area contributed by atoms with Gasteiger partial charge in [0, 0.05) is 12.0 Å². The van der Waals surface area contributed by atoms with Gasteiger partial charge in [0.2, 0.25) is 0 Å². The highest BCUT2D eigenvalue weighted by Crippen LogP contribution is 2.34. The highest BCUT2D eigenvalue weighted by molar-refractivity contribution is 6.04. The molecule has 1 heterocycles. The molecule has 0 radical (unpaired) electrons. The van der Waals surface area contributed by atoms with E-state index in [1.807, 2.05) is 12.1 Å². The second kappa shape index (κ2) is 6.08. The maximum absolute atomic E-state index is 11.5. The molecule has 1 aliphatic rings. The molecular weight excluding hydrogens is 276 g/mol. The van der Waals surface area contributed by atoms with Crippen LogP contribution >= 0.6 is 0 Å². The molecule has 0 unspecified atom stereocenters. The van der Waals surface area contributed by atoms with Crippen LogP contribution in [0.25, 0.3) is 11.0 Å². The number of imidazole rings is 1. The number of aromatic nitrogens is 2. The van der Waals surface area contributed by atoms with Gasteiger partial charge in [-0.15, -0.1) is 0 Å². The number of primary amides is 1. The van der Waals surface area contributed by atoms with E-state index in [9.17, 15) is 4.79 Å². The average molecular weight is 300 g/mol. The van der Waals surface area contributed by atoms with Crippen molar-refractivity contribution >= 4 is 16.9 Å².